The molecule has 1 atom stereocenters. The van der Waals surface area contributed by atoms with Crippen molar-refractivity contribution < 1.29 is 9.13 Å². The summed E-state index contributed by atoms with van der Waals surface area (Å²) >= 11 is 0. The standard InChI is InChI=1S/C15H21FO/c1-3-11(2)13-4-5-15(16)14(10-13)12-6-8-17-9-7-12/h4-5,10-12H,3,6-9H2,1-2H3. The van der Waals surface area contributed by atoms with Crippen LogP contribution in [0.3, 0.4) is 0 Å². The molecule has 0 radical (unpaired) electrons. The van der Waals surface area contributed by atoms with Crippen LogP contribution in [0.4, 0.5) is 4.39 Å². The zero-order valence-electron chi connectivity index (χ0n) is 10.7. The minimum absolute atomic E-state index is 0.0519. The summed E-state index contributed by atoms with van der Waals surface area (Å²) in [5.41, 5.74) is 2.15. The molecule has 0 N–H and O–H groups in total. The predicted molar refractivity (Wildman–Crippen MR) is 67.9 cm³/mol. The van der Waals surface area contributed by atoms with Crippen LogP contribution in [0.2, 0.25) is 0 Å². The van der Waals surface area contributed by atoms with E-state index in [0.29, 0.717) is 11.8 Å². The highest BCUT2D eigenvalue weighted by Crippen LogP contribution is 2.31. The molecule has 1 aliphatic rings. The molecule has 1 saturated heterocycles. The fraction of sp³-hybridized carbons (Fsp3) is 0.600. The van der Waals surface area contributed by atoms with Gasteiger partial charge in [-0.2, -0.15) is 0 Å². The first-order valence-corrected chi connectivity index (χ1v) is 6.59. The van der Waals surface area contributed by atoms with Gasteiger partial charge in [0.15, 0.2) is 0 Å². The minimum Gasteiger partial charge on any atom is -0.381 e. The van der Waals surface area contributed by atoms with E-state index in [1.807, 2.05) is 6.07 Å². The maximum absolute atomic E-state index is 13.9. The van der Waals surface area contributed by atoms with Crippen LogP contribution in [0.5, 0.6) is 0 Å². The fourth-order valence-electron chi connectivity index (χ4n) is 2.43. The molecule has 1 unspecified atom stereocenters. The van der Waals surface area contributed by atoms with Crippen molar-refractivity contribution in [1.82, 2.24) is 0 Å². The summed E-state index contributed by atoms with van der Waals surface area (Å²) in [6.45, 7) is 5.89. The highest BCUT2D eigenvalue weighted by molar-refractivity contribution is 5.30. The largest absolute Gasteiger partial charge is 0.381 e. The summed E-state index contributed by atoms with van der Waals surface area (Å²) in [4.78, 5) is 0. The molecular formula is C15H21FO. The predicted octanol–water partition coefficient (Wildman–Crippen LogP) is 4.23. The van der Waals surface area contributed by atoms with Gasteiger partial charge < -0.3 is 4.74 Å². The van der Waals surface area contributed by atoms with Crippen molar-refractivity contribution in [2.24, 2.45) is 0 Å². The quantitative estimate of drug-likeness (QED) is 0.763. The van der Waals surface area contributed by atoms with Crippen LogP contribution in [0.25, 0.3) is 0 Å². The molecule has 1 fully saturated rings. The van der Waals surface area contributed by atoms with E-state index < -0.39 is 0 Å². The van der Waals surface area contributed by atoms with Gasteiger partial charge in [-0.1, -0.05) is 26.0 Å². The molecule has 0 bridgehead atoms. The van der Waals surface area contributed by atoms with E-state index in [0.717, 1.165) is 38.0 Å². The molecule has 2 heteroatoms. The number of hydrogen-bond donors (Lipinski definition) is 0. The van der Waals surface area contributed by atoms with Crippen molar-refractivity contribution in [2.75, 3.05) is 13.2 Å². The van der Waals surface area contributed by atoms with Gasteiger partial charge in [0.05, 0.1) is 0 Å². The van der Waals surface area contributed by atoms with Crippen molar-refractivity contribution in [2.45, 2.75) is 44.9 Å². The topological polar surface area (TPSA) is 9.23 Å². The Morgan fingerprint density at radius 2 is 2.06 bits per heavy atom. The second-order valence-electron chi connectivity index (χ2n) is 4.98. The summed E-state index contributed by atoms with van der Waals surface area (Å²) < 4.78 is 19.2. The average molecular weight is 236 g/mol. The molecule has 1 nitrogen and oxygen atoms in total. The zero-order valence-corrected chi connectivity index (χ0v) is 10.7. The van der Waals surface area contributed by atoms with Gasteiger partial charge in [0.1, 0.15) is 5.82 Å². The monoisotopic (exact) mass is 236 g/mol. The first-order chi connectivity index (χ1) is 8.22. The summed E-state index contributed by atoms with van der Waals surface area (Å²) in [6.07, 6.45) is 2.99. The number of halogens is 1. The van der Waals surface area contributed by atoms with Crippen LogP contribution in [-0.2, 0) is 4.74 Å². The Balaban J connectivity index is 2.25. The number of rotatable bonds is 3. The van der Waals surface area contributed by atoms with Crippen LogP contribution in [0.15, 0.2) is 18.2 Å². The number of hydrogen-bond acceptors (Lipinski definition) is 1. The molecule has 2 rings (SSSR count). The molecule has 0 spiro atoms. The van der Waals surface area contributed by atoms with E-state index >= 15 is 0 Å². The smallest absolute Gasteiger partial charge is 0.126 e. The van der Waals surface area contributed by atoms with Gasteiger partial charge >= 0.3 is 0 Å². The van der Waals surface area contributed by atoms with Crippen LogP contribution in [-0.4, -0.2) is 13.2 Å². The van der Waals surface area contributed by atoms with Gasteiger partial charge in [-0.25, -0.2) is 4.39 Å². The molecule has 0 amide bonds. The first-order valence-electron chi connectivity index (χ1n) is 6.59. The fourth-order valence-corrected chi connectivity index (χ4v) is 2.43. The van der Waals surface area contributed by atoms with Crippen molar-refractivity contribution >= 4 is 0 Å². The molecule has 0 saturated carbocycles. The Kier molecular flexibility index (Phi) is 4.16. The first kappa shape index (κ1) is 12.6. The highest BCUT2D eigenvalue weighted by Gasteiger charge is 2.20. The third-order valence-electron chi connectivity index (χ3n) is 3.86. The van der Waals surface area contributed by atoms with E-state index in [2.05, 4.69) is 19.9 Å². The van der Waals surface area contributed by atoms with Gasteiger partial charge in [-0.15, -0.1) is 0 Å². The van der Waals surface area contributed by atoms with Crippen molar-refractivity contribution in [3.63, 3.8) is 0 Å². The second-order valence-corrected chi connectivity index (χ2v) is 4.98. The Morgan fingerprint density at radius 3 is 2.71 bits per heavy atom. The van der Waals surface area contributed by atoms with E-state index in [1.165, 1.54) is 5.56 Å². The lowest BCUT2D eigenvalue weighted by Crippen LogP contribution is -2.15. The normalized spacial score (nSPS) is 19.2. The third-order valence-corrected chi connectivity index (χ3v) is 3.86. The molecule has 1 aromatic carbocycles. The highest BCUT2D eigenvalue weighted by atomic mass is 19.1. The van der Waals surface area contributed by atoms with Crippen molar-refractivity contribution in [3.05, 3.63) is 35.1 Å². The Hall–Kier alpha value is -0.890. The van der Waals surface area contributed by atoms with Crippen molar-refractivity contribution in [3.8, 4) is 0 Å². The number of benzene rings is 1. The lowest BCUT2D eigenvalue weighted by atomic mass is 9.88. The van der Waals surface area contributed by atoms with E-state index in [1.54, 1.807) is 6.07 Å². The van der Waals surface area contributed by atoms with Gasteiger partial charge in [0, 0.05) is 13.2 Å². The van der Waals surface area contributed by atoms with Crippen LogP contribution in [0, 0.1) is 5.82 Å². The Labute approximate surface area is 103 Å². The van der Waals surface area contributed by atoms with E-state index in [-0.39, 0.29) is 5.82 Å². The molecule has 94 valence electrons. The number of ether oxygens (including phenoxy) is 1. The molecule has 1 heterocycles. The summed E-state index contributed by atoms with van der Waals surface area (Å²) in [6, 6.07) is 5.62. The van der Waals surface area contributed by atoms with Crippen LogP contribution < -0.4 is 0 Å². The Morgan fingerprint density at radius 1 is 1.35 bits per heavy atom. The molecule has 0 aromatic heterocycles. The van der Waals surface area contributed by atoms with E-state index in [4.69, 9.17) is 4.74 Å². The molecule has 0 aliphatic carbocycles. The van der Waals surface area contributed by atoms with Gasteiger partial charge in [-0.05, 0) is 48.3 Å². The molecule has 1 aromatic rings. The maximum atomic E-state index is 13.9. The third kappa shape index (κ3) is 2.86. The van der Waals surface area contributed by atoms with Crippen LogP contribution >= 0.6 is 0 Å². The van der Waals surface area contributed by atoms with Gasteiger partial charge in [0.25, 0.3) is 0 Å². The Bertz CT molecular complexity index is 369. The maximum Gasteiger partial charge on any atom is 0.126 e. The zero-order chi connectivity index (χ0) is 12.3. The van der Waals surface area contributed by atoms with E-state index in [9.17, 15) is 4.39 Å². The summed E-state index contributed by atoms with van der Waals surface area (Å²) in [5, 5.41) is 0. The molecular weight excluding hydrogens is 215 g/mol. The average Bonchev–Trinajstić information content (AvgIpc) is 2.39. The summed E-state index contributed by atoms with van der Waals surface area (Å²) in [7, 11) is 0. The van der Waals surface area contributed by atoms with Crippen molar-refractivity contribution in [1.29, 1.82) is 0 Å². The minimum atomic E-state index is -0.0519. The van der Waals surface area contributed by atoms with Gasteiger partial charge in [0.2, 0.25) is 0 Å². The molecule has 17 heavy (non-hydrogen) atoms. The second kappa shape index (κ2) is 5.63. The SMILES string of the molecule is CCC(C)c1ccc(F)c(C2CCOCC2)c1. The van der Waals surface area contributed by atoms with Gasteiger partial charge in [-0.3, -0.25) is 0 Å². The lowest BCUT2D eigenvalue weighted by Gasteiger charge is -2.24. The lowest BCUT2D eigenvalue weighted by molar-refractivity contribution is 0.0846. The molecule has 1 aliphatic heterocycles. The van der Waals surface area contributed by atoms with Crippen LogP contribution in [0.1, 0.15) is 56.1 Å². The summed E-state index contributed by atoms with van der Waals surface area (Å²) in [5.74, 6) is 0.797.